The molecule has 0 fully saturated rings. The Balaban J connectivity index is 3.20. The minimum absolute atomic E-state index is 0.0256. The fraction of sp³-hybridized carbons (Fsp3) is 0.286. The van der Waals surface area contributed by atoms with Crippen LogP contribution >= 0.6 is 45.2 Å². The van der Waals surface area contributed by atoms with Gasteiger partial charge in [-0.3, -0.25) is 0 Å². The first-order valence-corrected chi connectivity index (χ1v) is 5.79. The van der Waals surface area contributed by atoms with E-state index in [1.807, 2.05) is 22.6 Å². The van der Waals surface area contributed by atoms with Crippen LogP contribution in [0.15, 0.2) is 6.20 Å². The summed E-state index contributed by atoms with van der Waals surface area (Å²) in [4.78, 5) is 3.77. The van der Waals surface area contributed by atoms with Crippen molar-refractivity contribution in [1.82, 2.24) is 4.98 Å². The molecule has 0 aromatic carbocycles. The van der Waals surface area contributed by atoms with E-state index in [1.165, 1.54) is 6.20 Å². The smallest absolute Gasteiger partial charge is 0.403 e. The molecule has 0 amide bonds. The van der Waals surface area contributed by atoms with Gasteiger partial charge in [0.1, 0.15) is 3.70 Å². The molecule has 2 N–H and O–H groups in total. The van der Waals surface area contributed by atoms with Crippen LogP contribution < -0.4 is 10.5 Å². The van der Waals surface area contributed by atoms with Crippen molar-refractivity contribution < 1.29 is 17.9 Å². The van der Waals surface area contributed by atoms with Crippen LogP contribution in [0.3, 0.4) is 0 Å². The second-order valence-corrected chi connectivity index (χ2v) is 4.64. The fourth-order valence-electron chi connectivity index (χ4n) is 0.892. The van der Waals surface area contributed by atoms with Crippen molar-refractivity contribution in [2.45, 2.75) is 12.9 Å². The summed E-state index contributed by atoms with van der Waals surface area (Å²) in [6, 6.07) is 0. The number of rotatable bonds is 2. The number of nitrogens with two attached hydrogens (primary N) is 1. The Morgan fingerprint density at radius 1 is 1.40 bits per heavy atom. The molecule has 0 atom stereocenters. The van der Waals surface area contributed by atoms with Crippen LogP contribution in [0, 0.1) is 7.27 Å². The first kappa shape index (κ1) is 13.2. The molecule has 1 heterocycles. The van der Waals surface area contributed by atoms with E-state index in [1.54, 1.807) is 22.6 Å². The Hall–Kier alpha value is 0.160. The van der Waals surface area contributed by atoms with Gasteiger partial charge < -0.3 is 10.5 Å². The van der Waals surface area contributed by atoms with Crippen molar-refractivity contribution >= 4 is 45.2 Å². The summed E-state index contributed by atoms with van der Waals surface area (Å²) in [6.45, 7) is -0.0256. The Morgan fingerprint density at radius 3 is 2.47 bits per heavy atom. The largest absolute Gasteiger partial charge is 0.573 e. The zero-order valence-electron chi connectivity index (χ0n) is 7.11. The highest BCUT2D eigenvalue weighted by atomic mass is 127. The lowest BCUT2D eigenvalue weighted by atomic mass is 10.2. The van der Waals surface area contributed by atoms with E-state index in [0.29, 0.717) is 9.13 Å². The summed E-state index contributed by atoms with van der Waals surface area (Å²) in [7, 11) is 0. The zero-order chi connectivity index (χ0) is 11.6. The maximum Gasteiger partial charge on any atom is 0.573 e. The molecule has 0 unspecified atom stereocenters. The van der Waals surface area contributed by atoms with Gasteiger partial charge in [0.25, 0.3) is 0 Å². The monoisotopic (exact) mass is 444 g/mol. The van der Waals surface area contributed by atoms with E-state index in [0.717, 1.165) is 0 Å². The maximum absolute atomic E-state index is 12.1. The Morgan fingerprint density at radius 2 is 2.00 bits per heavy atom. The van der Waals surface area contributed by atoms with Crippen molar-refractivity contribution in [3.63, 3.8) is 0 Å². The first-order chi connectivity index (χ1) is 6.85. The summed E-state index contributed by atoms with van der Waals surface area (Å²) < 4.78 is 40.8. The fourth-order valence-corrected chi connectivity index (χ4v) is 2.07. The van der Waals surface area contributed by atoms with Crippen LogP contribution in [-0.2, 0) is 6.54 Å². The number of hydrogen-bond acceptors (Lipinski definition) is 3. The number of halogens is 5. The van der Waals surface area contributed by atoms with Gasteiger partial charge in [-0.15, -0.1) is 13.2 Å². The summed E-state index contributed by atoms with van der Waals surface area (Å²) in [5.41, 5.74) is 5.67. The van der Waals surface area contributed by atoms with E-state index in [9.17, 15) is 13.2 Å². The molecule has 84 valence electrons. The third kappa shape index (κ3) is 3.59. The third-order valence-corrected chi connectivity index (χ3v) is 3.16. The van der Waals surface area contributed by atoms with E-state index in [4.69, 9.17) is 5.73 Å². The zero-order valence-corrected chi connectivity index (χ0v) is 11.4. The predicted octanol–water partition coefficient (Wildman–Crippen LogP) is 2.65. The second-order valence-electron chi connectivity index (χ2n) is 2.46. The lowest BCUT2D eigenvalue weighted by Crippen LogP contribution is -2.20. The Bertz CT molecular complexity index is 370. The van der Waals surface area contributed by atoms with Gasteiger partial charge in [0.05, 0.1) is 0 Å². The lowest BCUT2D eigenvalue weighted by Gasteiger charge is -2.14. The standard InChI is InChI=1S/C7H5F3I2N2O/c8-7(9,10)15-5-3(1-13)4(11)2-14-6(5)12/h2H,1,13H2. The van der Waals surface area contributed by atoms with Gasteiger partial charge in [0, 0.05) is 21.9 Å². The van der Waals surface area contributed by atoms with Crippen LogP contribution in [0.1, 0.15) is 5.56 Å². The maximum atomic E-state index is 12.1. The van der Waals surface area contributed by atoms with Crippen molar-refractivity contribution in [3.8, 4) is 5.75 Å². The topological polar surface area (TPSA) is 48.1 Å². The van der Waals surface area contributed by atoms with Gasteiger partial charge >= 0.3 is 6.36 Å². The molecular weight excluding hydrogens is 439 g/mol. The number of ether oxygens (including phenoxy) is 1. The Labute approximate surface area is 111 Å². The molecule has 0 saturated heterocycles. The quantitative estimate of drug-likeness (QED) is 0.564. The van der Waals surface area contributed by atoms with Crippen molar-refractivity contribution in [2.75, 3.05) is 0 Å². The van der Waals surface area contributed by atoms with Crippen LogP contribution in [0.4, 0.5) is 13.2 Å². The lowest BCUT2D eigenvalue weighted by molar-refractivity contribution is -0.275. The molecule has 8 heteroatoms. The second kappa shape index (κ2) is 4.99. The summed E-state index contributed by atoms with van der Waals surface area (Å²) in [5, 5.41) is 0. The molecule has 1 aromatic rings. The van der Waals surface area contributed by atoms with E-state index in [-0.39, 0.29) is 16.0 Å². The van der Waals surface area contributed by atoms with E-state index < -0.39 is 6.36 Å². The highest BCUT2D eigenvalue weighted by molar-refractivity contribution is 14.1. The molecule has 1 rings (SSSR count). The average molecular weight is 444 g/mol. The van der Waals surface area contributed by atoms with Crippen molar-refractivity contribution in [1.29, 1.82) is 0 Å². The van der Waals surface area contributed by atoms with Crippen LogP contribution in [0.2, 0.25) is 0 Å². The molecule has 0 spiro atoms. The van der Waals surface area contributed by atoms with Gasteiger partial charge in [0.15, 0.2) is 5.75 Å². The summed E-state index contributed by atoms with van der Waals surface area (Å²) >= 11 is 3.53. The number of hydrogen-bond donors (Lipinski definition) is 1. The summed E-state index contributed by atoms with van der Waals surface area (Å²) in [5.74, 6) is -0.308. The number of aromatic nitrogens is 1. The number of nitrogens with zero attached hydrogens (tertiary/aromatic N) is 1. The van der Waals surface area contributed by atoms with Crippen LogP contribution in [0.25, 0.3) is 0 Å². The van der Waals surface area contributed by atoms with Crippen molar-refractivity contribution in [3.05, 3.63) is 19.0 Å². The van der Waals surface area contributed by atoms with Gasteiger partial charge in [-0.05, 0) is 45.2 Å². The average Bonchev–Trinajstić information content (AvgIpc) is 2.10. The van der Waals surface area contributed by atoms with Gasteiger partial charge in [0.2, 0.25) is 0 Å². The van der Waals surface area contributed by atoms with Gasteiger partial charge in [-0.1, -0.05) is 0 Å². The molecule has 15 heavy (non-hydrogen) atoms. The molecule has 0 aliphatic heterocycles. The molecule has 0 aliphatic carbocycles. The highest BCUT2D eigenvalue weighted by Crippen LogP contribution is 2.32. The van der Waals surface area contributed by atoms with Crippen LogP contribution in [0.5, 0.6) is 5.75 Å². The highest BCUT2D eigenvalue weighted by Gasteiger charge is 2.33. The molecule has 0 radical (unpaired) electrons. The molecular formula is C7H5F3I2N2O. The third-order valence-electron chi connectivity index (χ3n) is 1.46. The van der Waals surface area contributed by atoms with Gasteiger partial charge in [-0.25, -0.2) is 4.98 Å². The van der Waals surface area contributed by atoms with Crippen molar-refractivity contribution in [2.24, 2.45) is 5.73 Å². The SMILES string of the molecule is NCc1c(I)cnc(I)c1OC(F)(F)F. The molecule has 1 aromatic heterocycles. The summed E-state index contributed by atoms with van der Waals surface area (Å²) in [6.07, 6.45) is -3.27. The minimum atomic E-state index is -4.73. The Kier molecular flexibility index (Phi) is 4.40. The first-order valence-electron chi connectivity index (χ1n) is 3.64. The number of alkyl halides is 3. The molecule has 0 aliphatic rings. The number of pyridine rings is 1. The van der Waals surface area contributed by atoms with Crippen LogP contribution in [-0.4, -0.2) is 11.3 Å². The van der Waals surface area contributed by atoms with E-state index in [2.05, 4.69) is 9.72 Å². The normalized spacial score (nSPS) is 11.6. The molecule has 0 saturated carbocycles. The molecule has 0 bridgehead atoms. The van der Waals surface area contributed by atoms with Gasteiger partial charge in [-0.2, -0.15) is 0 Å². The minimum Gasteiger partial charge on any atom is -0.403 e. The molecule has 3 nitrogen and oxygen atoms in total. The predicted molar refractivity (Wildman–Crippen MR) is 64.2 cm³/mol. The van der Waals surface area contributed by atoms with E-state index >= 15 is 0 Å².